The lowest BCUT2D eigenvalue weighted by molar-refractivity contribution is 0.102. The molecule has 1 amide bonds. The van der Waals surface area contributed by atoms with Crippen LogP contribution in [-0.2, 0) is 6.42 Å². The van der Waals surface area contributed by atoms with Crippen molar-refractivity contribution in [3.05, 3.63) is 101 Å². The quantitative estimate of drug-likeness (QED) is 0.492. The summed E-state index contributed by atoms with van der Waals surface area (Å²) >= 11 is 0. The lowest BCUT2D eigenvalue weighted by Gasteiger charge is -2.29. The molecule has 3 aromatic rings. The molecule has 2 fully saturated rings. The predicted molar refractivity (Wildman–Crippen MR) is 139 cm³/mol. The number of hydrogen-bond donors (Lipinski definition) is 2. The van der Waals surface area contributed by atoms with Crippen molar-refractivity contribution in [2.24, 2.45) is 5.73 Å². The number of piperidine rings is 1. The minimum absolute atomic E-state index is 0.0647. The van der Waals surface area contributed by atoms with Crippen LogP contribution in [0.1, 0.15) is 64.6 Å². The number of amides is 1. The van der Waals surface area contributed by atoms with Gasteiger partial charge in [0.1, 0.15) is 0 Å². The molecule has 176 valence electrons. The number of nitrogens with two attached hydrogens (primary N) is 1. The fraction of sp³-hybridized carbons (Fsp3) is 0.367. The van der Waals surface area contributed by atoms with Gasteiger partial charge in [-0.15, -0.1) is 0 Å². The second-order valence-electron chi connectivity index (χ2n) is 10.3. The largest absolute Gasteiger partial charge is 0.325 e. The Morgan fingerprint density at radius 2 is 1.59 bits per heavy atom. The molecule has 2 atom stereocenters. The summed E-state index contributed by atoms with van der Waals surface area (Å²) in [5.74, 6) is 0.934. The van der Waals surface area contributed by atoms with Crippen molar-refractivity contribution in [1.29, 1.82) is 0 Å². The molecule has 5 rings (SSSR count). The Bertz CT molecular complexity index is 1100. The summed E-state index contributed by atoms with van der Waals surface area (Å²) in [6, 6.07) is 26.9. The average molecular weight is 454 g/mol. The first-order chi connectivity index (χ1) is 16.5. The van der Waals surface area contributed by atoms with E-state index in [1.807, 2.05) is 30.3 Å². The summed E-state index contributed by atoms with van der Waals surface area (Å²) in [5, 5.41) is 3.04. The molecule has 0 bridgehead atoms. The average Bonchev–Trinajstić information content (AvgIpc) is 3.56. The summed E-state index contributed by atoms with van der Waals surface area (Å²) in [7, 11) is 2.18. The van der Waals surface area contributed by atoms with Gasteiger partial charge in [-0.25, -0.2) is 0 Å². The zero-order valence-corrected chi connectivity index (χ0v) is 20.0. The van der Waals surface area contributed by atoms with Crippen molar-refractivity contribution < 1.29 is 4.79 Å². The van der Waals surface area contributed by atoms with Crippen molar-refractivity contribution in [2.45, 2.75) is 49.5 Å². The predicted octanol–water partition coefficient (Wildman–Crippen LogP) is 5.57. The van der Waals surface area contributed by atoms with Crippen molar-refractivity contribution in [3.63, 3.8) is 0 Å². The molecule has 4 heteroatoms. The third-order valence-corrected chi connectivity index (χ3v) is 7.77. The van der Waals surface area contributed by atoms with Crippen LogP contribution < -0.4 is 11.1 Å². The standard InChI is InChI=1S/C30H35N3O/c1-33-19-16-24(17-20-33)23-7-9-26(10-8-23)29(34)32-27-13-11-25(12-14-27)28-21-30(28,31)18-15-22-5-3-2-4-6-22/h2-14,24,28H,15-21,31H2,1H3,(H,32,34)/t28-,30-/m0/s1. The van der Waals surface area contributed by atoms with Crippen LogP contribution in [0.4, 0.5) is 5.69 Å². The van der Waals surface area contributed by atoms with E-state index in [-0.39, 0.29) is 11.4 Å². The molecule has 1 aliphatic carbocycles. The number of benzene rings is 3. The van der Waals surface area contributed by atoms with Crippen LogP contribution >= 0.6 is 0 Å². The van der Waals surface area contributed by atoms with E-state index >= 15 is 0 Å². The van der Waals surface area contributed by atoms with Gasteiger partial charge in [0.05, 0.1) is 0 Å². The first kappa shape index (κ1) is 22.8. The van der Waals surface area contributed by atoms with Crippen LogP contribution in [0.2, 0.25) is 0 Å². The number of aryl methyl sites for hydroxylation is 1. The first-order valence-corrected chi connectivity index (χ1v) is 12.5. The summed E-state index contributed by atoms with van der Waals surface area (Å²) < 4.78 is 0. The molecule has 1 aliphatic heterocycles. The van der Waals surface area contributed by atoms with E-state index in [0.29, 0.717) is 17.4 Å². The Hall–Kier alpha value is -2.95. The Morgan fingerprint density at radius 3 is 2.26 bits per heavy atom. The van der Waals surface area contributed by atoms with Gasteiger partial charge in [0.25, 0.3) is 5.91 Å². The number of nitrogens with zero attached hydrogens (tertiary/aromatic N) is 1. The monoisotopic (exact) mass is 453 g/mol. The number of carbonyl (C=O) groups excluding carboxylic acids is 1. The minimum Gasteiger partial charge on any atom is -0.325 e. The zero-order chi connectivity index (χ0) is 23.5. The Kier molecular flexibility index (Phi) is 6.53. The van der Waals surface area contributed by atoms with E-state index < -0.39 is 0 Å². The molecule has 0 spiro atoms. The molecular formula is C30H35N3O. The van der Waals surface area contributed by atoms with E-state index in [9.17, 15) is 4.79 Å². The van der Waals surface area contributed by atoms with E-state index in [4.69, 9.17) is 5.73 Å². The molecule has 0 aromatic heterocycles. The van der Waals surface area contributed by atoms with Crippen molar-refractivity contribution in [2.75, 3.05) is 25.5 Å². The van der Waals surface area contributed by atoms with E-state index in [1.54, 1.807) is 0 Å². The van der Waals surface area contributed by atoms with Gasteiger partial charge in [0.2, 0.25) is 0 Å². The van der Waals surface area contributed by atoms with Crippen LogP contribution in [0.15, 0.2) is 78.9 Å². The SMILES string of the molecule is CN1CCC(c2ccc(C(=O)Nc3ccc([C@@H]4C[C@@]4(N)CCc4ccccc4)cc3)cc2)CC1. The molecule has 1 heterocycles. The first-order valence-electron chi connectivity index (χ1n) is 12.5. The van der Waals surface area contributed by atoms with Crippen LogP contribution in [0.5, 0.6) is 0 Å². The fourth-order valence-corrected chi connectivity index (χ4v) is 5.32. The van der Waals surface area contributed by atoms with Gasteiger partial charge in [0, 0.05) is 22.7 Å². The summed E-state index contributed by atoms with van der Waals surface area (Å²) in [6.07, 6.45) is 5.40. The van der Waals surface area contributed by atoms with Gasteiger partial charge in [-0.2, -0.15) is 0 Å². The Labute approximate surface area is 203 Å². The lowest BCUT2D eigenvalue weighted by atomic mass is 9.89. The molecule has 1 saturated heterocycles. The third-order valence-electron chi connectivity index (χ3n) is 7.77. The lowest BCUT2D eigenvalue weighted by Crippen LogP contribution is -2.29. The van der Waals surface area contributed by atoms with Crippen LogP contribution in [0, 0.1) is 0 Å². The summed E-state index contributed by atoms with van der Waals surface area (Å²) in [5.41, 5.74) is 12.0. The minimum atomic E-state index is -0.115. The third kappa shape index (κ3) is 5.24. The number of rotatable bonds is 7. The van der Waals surface area contributed by atoms with Gasteiger partial charge < -0.3 is 16.0 Å². The van der Waals surface area contributed by atoms with Gasteiger partial charge in [-0.05, 0) is 99.1 Å². The maximum absolute atomic E-state index is 12.8. The Morgan fingerprint density at radius 1 is 0.941 bits per heavy atom. The smallest absolute Gasteiger partial charge is 0.255 e. The zero-order valence-electron chi connectivity index (χ0n) is 20.0. The molecule has 2 aliphatic rings. The van der Waals surface area contributed by atoms with Gasteiger partial charge in [-0.1, -0.05) is 54.6 Å². The molecule has 1 saturated carbocycles. The van der Waals surface area contributed by atoms with E-state index in [0.717, 1.165) is 38.0 Å². The molecule has 4 nitrogen and oxygen atoms in total. The molecule has 3 N–H and O–H groups in total. The van der Waals surface area contributed by atoms with Crippen molar-refractivity contribution in [3.8, 4) is 0 Å². The van der Waals surface area contributed by atoms with Crippen LogP contribution in [0.25, 0.3) is 0 Å². The number of likely N-dealkylation sites (tertiary alicyclic amines) is 1. The molecule has 3 aromatic carbocycles. The second kappa shape index (κ2) is 9.73. The maximum atomic E-state index is 12.8. The summed E-state index contributed by atoms with van der Waals surface area (Å²) in [6.45, 7) is 2.28. The van der Waals surface area contributed by atoms with Crippen LogP contribution in [0.3, 0.4) is 0 Å². The maximum Gasteiger partial charge on any atom is 0.255 e. The normalized spacial score (nSPS) is 22.9. The molecule has 34 heavy (non-hydrogen) atoms. The topological polar surface area (TPSA) is 58.4 Å². The van der Waals surface area contributed by atoms with Gasteiger partial charge in [-0.3, -0.25) is 4.79 Å². The highest BCUT2D eigenvalue weighted by Crippen LogP contribution is 2.52. The highest BCUT2D eigenvalue weighted by molar-refractivity contribution is 6.04. The van der Waals surface area contributed by atoms with E-state index in [1.165, 1.54) is 29.5 Å². The number of carbonyl (C=O) groups is 1. The van der Waals surface area contributed by atoms with Crippen LogP contribution in [-0.4, -0.2) is 36.5 Å². The molecule has 0 unspecified atom stereocenters. The number of nitrogens with one attached hydrogen (secondary N) is 1. The van der Waals surface area contributed by atoms with Crippen molar-refractivity contribution in [1.82, 2.24) is 4.90 Å². The van der Waals surface area contributed by atoms with E-state index in [2.05, 4.69) is 65.8 Å². The highest BCUT2D eigenvalue weighted by atomic mass is 16.1. The highest BCUT2D eigenvalue weighted by Gasteiger charge is 2.50. The second-order valence-corrected chi connectivity index (χ2v) is 10.3. The number of anilines is 1. The fourth-order valence-electron chi connectivity index (χ4n) is 5.32. The molecule has 0 radical (unpaired) electrons. The Balaban J connectivity index is 1.14. The van der Waals surface area contributed by atoms with Gasteiger partial charge >= 0.3 is 0 Å². The number of hydrogen-bond acceptors (Lipinski definition) is 3. The molecular weight excluding hydrogens is 418 g/mol. The van der Waals surface area contributed by atoms with Crippen molar-refractivity contribution >= 4 is 11.6 Å². The van der Waals surface area contributed by atoms with Gasteiger partial charge in [0.15, 0.2) is 0 Å². The summed E-state index contributed by atoms with van der Waals surface area (Å²) in [4.78, 5) is 15.1.